The van der Waals surface area contributed by atoms with E-state index in [9.17, 15) is 9.59 Å². The topological polar surface area (TPSA) is 105 Å². The van der Waals surface area contributed by atoms with Gasteiger partial charge in [0.25, 0.3) is 5.91 Å². The van der Waals surface area contributed by atoms with Gasteiger partial charge < -0.3 is 14.9 Å². The number of carboxylic acid groups (broad SMARTS) is 1. The number of aromatic carboxylic acids is 1. The molecular formula is C12H11N3O4. The number of aryl methyl sites for hydroxylation is 2. The number of nitrogens with zero attached hydrogens (tertiary/aromatic N) is 2. The van der Waals surface area contributed by atoms with Gasteiger partial charge in [-0.15, -0.1) is 0 Å². The van der Waals surface area contributed by atoms with Crippen LogP contribution in [0.3, 0.4) is 0 Å². The van der Waals surface area contributed by atoms with Crippen LogP contribution in [0.25, 0.3) is 0 Å². The number of hydrogen-bond acceptors (Lipinski definition) is 5. The average molecular weight is 261 g/mol. The van der Waals surface area contributed by atoms with Crippen LogP contribution in [0.2, 0.25) is 0 Å². The lowest BCUT2D eigenvalue weighted by Gasteiger charge is -2.04. The summed E-state index contributed by atoms with van der Waals surface area (Å²) in [7, 11) is 0. The molecule has 2 aromatic heterocycles. The lowest BCUT2D eigenvalue weighted by atomic mass is 10.2. The maximum atomic E-state index is 12.0. The number of rotatable bonds is 3. The molecule has 0 aliphatic rings. The predicted molar refractivity (Wildman–Crippen MR) is 65.1 cm³/mol. The van der Waals surface area contributed by atoms with Gasteiger partial charge in [0.1, 0.15) is 17.1 Å². The number of aromatic nitrogens is 2. The molecule has 0 saturated carbocycles. The molecule has 2 rings (SSSR count). The Balaban J connectivity index is 2.24. The van der Waals surface area contributed by atoms with E-state index in [1.165, 1.54) is 18.3 Å². The van der Waals surface area contributed by atoms with E-state index in [0.717, 1.165) is 0 Å². The smallest absolute Gasteiger partial charge is 0.335 e. The summed E-state index contributed by atoms with van der Waals surface area (Å²) in [5.41, 5.74) is 0.830. The SMILES string of the molecule is Cc1noc(C)c1C(=O)Nc1cc(C(=O)O)ccn1. The minimum absolute atomic E-state index is 0.0454. The summed E-state index contributed by atoms with van der Waals surface area (Å²) in [5.74, 6) is -0.976. The fourth-order valence-corrected chi connectivity index (χ4v) is 1.62. The average Bonchev–Trinajstić information content (AvgIpc) is 2.69. The molecule has 0 fully saturated rings. The molecule has 0 aromatic carbocycles. The van der Waals surface area contributed by atoms with E-state index in [1.807, 2.05) is 0 Å². The van der Waals surface area contributed by atoms with Crippen molar-refractivity contribution in [3.63, 3.8) is 0 Å². The zero-order valence-electron chi connectivity index (χ0n) is 10.3. The normalized spacial score (nSPS) is 10.2. The largest absolute Gasteiger partial charge is 0.478 e. The van der Waals surface area contributed by atoms with Crippen molar-refractivity contribution in [3.05, 3.63) is 40.9 Å². The standard InChI is InChI=1S/C12H11N3O4/c1-6-10(7(2)19-15-6)11(16)14-9-5-8(12(17)18)3-4-13-9/h3-5H,1-2H3,(H,17,18)(H,13,14,16). The Morgan fingerprint density at radius 1 is 1.37 bits per heavy atom. The van der Waals surface area contributed by atoms with Crippen molar-refractivity contribution in [1.82, 2.24) is 10.1 Å². The molecule has 0 unspecified atom stereocenters. The summed E-state index contributed by atoms with van der Waals surface area (Å²) in [6, 6.07) is 2.62. The van der Waals surface area contributed by atoms with Crippen molar-refractivity contribution in [3.8, 4) is 0 Å². The third-order valence-electron chi connectivity index (χ3n) is 2.51. The quantitative estimate of drug-likeness (QED) is 0.870. The number of carbonyl (C=O) groups excluding carboxylic acids is 1. The molecule has 0 spiro atoms. The van der Waals surface area contributed by atoms with Crippen molar-refractivity contribution in [2.45, 2.75) is 13.8 Å². The zero-order chi connectivity index (χ0) is 14.0. The van der Waals surface area contributed by atoms with Crippen LogP contribution in [-0.4, -0.2) is 27.1 Å². The summed E-state index contributed by atoms with van der Waals surface area (Å²) >= 11 is 0. The number of nitrogens with one attached hydrogen (secondary N) is 1. The Kier molecular flexibility index (Phi) is 3.28. The molecule has 7 nitrogen and oxygen atoms in total. The van der Waals surface area contributed by atoms with Gasteiger partial charge in [-0.25, -0.2) is 9.78 Å². The van der Waals surface area contributed by atoms with Gasteiger partial charge in [0.05, 0.1) is 11.3 Å². The van der Waals surface area contributed by atoms with Crippen molar-refractivity contribution < 1.29 is 19.2 Å². The predicted octanol–water partition coefficient (Wildman–Crippen LogP) is 1.64. The Morgan fingerprint density at radius 2 is 2.11 bits per heavy atom. The van der Waals surface area contributed by atoms with Crippen LogP contribution >= 0.6 is 0 Å². The number of pyridine rings is 1. The van der Waals surface area contributed by atoms with Gasteiger partial charge in [-0.05, 0) is 26.0 Å². The third-order valence-corrected chi connectivity index (χ3v) is 2.51. The molecule has 2 aromatic rings. The minimum Gasteiger partial charge on any atom is -0.478 e. The monoisotopic (exact) mass is 261 g/mol. The van der Waals surface area contributed by atoms with Crippen molar-refractivity contribution in [1.29, 1.82) is 0 Å². The van der Waals surface area contributed by atoms with Gasteiger partial charge in [0.15, 0.2) is 0 Å². The van der Waals surface area contributed by atoms with E-state index in [0.29, 0.717) is 17.0 Å². The highest BCUT2D eigenvalue weighted by Crippen LogP contribution is 2.15. The second-order valence-corrected chi connectivity index (χ2v) is 3.89. The Bertz CT molecular complexity index is 629. The minimum atomic E-state index is -1.09. The first kappa shape index (κ1) is 12.7. The second kappa shape index (κ2) is 4.89. The van der Waals surface area contributed by atoms with Crippen LogP contribution in [0.1, 0.15) is 32.2 Å². The molecule has 0 atom stereocenters. The molecule has 7 heteroatoms. The van der Waals surface area contributed by atoms with Gasteiger partial charge in [-0.3, -0.25) is 4.79 Å². The molecule has 0 radical (unpaired) electrons. The summed E-state index contributed by atoms with van der Waals surface area (Å²) in [4.78, 5) is 26.7. The number of hydrogen-bond donors (Lipinski definition) is 2. The maximum Gasteiger partial charge on any atom is 0.335 e. The fourth-order valence-electron chi connectivity index (χ4n) is 1.62. The Labute approximate surface area is 108 Å². The van der Waals surface area contributed by atoms with Crippen molar-refractivity contribution >= 4 is 17.7 Å². The summed E-state index contributed by atoms with van der Waals surface area (Å²) in [6.45, 7) is 3.27. The first-order chi connectivity index (χ1) is 8.99. The molecule has 0 aliphatic carbocycles. The molecule has 0 saturated heterocycles. The highest BCUT2D eigenvalue weighted by atomic mass is 16.5. The highest BCUT2D eigenvalue weighted by molar-refractivity contribution is 6.05. The third kappa shape index (κ3) is 2.59. The van der Waals surface area contributed by atoms with Gasteiger partial charge >= 0.3 is 5.97 Å². The number of anilines is 1. The molecule has 2 N–H and O–H groups in total. The van der Waals surface area contributed by atoms with Crippen LogP contribution in [-0.2, 0) is 0 Å². The van der Waals surface area contributed by atoms with E-state index in [4.69, 9.17) is 9.63 Å². The second-order valence-electron chi connectivity index (χ2n) is 3.89. The van der Waals surface area contributed by atoms with Crippen LogP contribution in [0.4, 0.5) is 5.82 Å². The lowest BCUT2D eigenvalue weighted by molar-refractivity contribution is 0.0696. The molecular weight excluding hydrogens is 250 g/mol. The number of amides is 1. The van der Waals surface area contributed by atoms with Crippen LogP contribution < -0.4 is 5.32 Å². The number of carbonyl (C=O) groups is 2. The van der Waals surface area contributed by atoms with Gasteiger partial charge in [-0.2, -0.15) is 0 Å². The van der Waals surface area contributed by atoms with E-state index < -0.39 is 11.9 Å². The van der Waals surface area contributed by atoms with E-state index in [2.05, 4.69) is 15.5 Å². The van der Waals surface area contributed by atoms with E-state index in [-0.39, 0.29) is 11.4 Å². The lowest BCUT2D eigenvalue weighted by Crippen LogP contribution is -2.15. The first-order valence-corrected chi connectivity index (χ1v) is 5.42. The summed E-state index contributed by atoms with van der Waals surface area (Å²) in [6.07, 6.45) is 1.31. The van der Waals surface area contributed by atoms with E-state index >= 15 is 0 Å². The first-order valence-electron chi connectivity index (χ1n) is 5.42. The molecule has 98 valence electrons. The summed E-state index contributed by atoms with van der Waals surface area (Å²) < 4.78 is 4.89. The maximum absolute atomic E-state index is 12.0. The van der Waals surface area contributed by atoms with Crippen LogP contribution in [0.5, 0.6) is 0 Å². The highest BCUT2D eigenvalue weighted by Gasteiger charge is 2.18. The molecule has 1 amide bonds. The van der Waals surface area contributed by atoms with Gasteiger partial charge in [0, 0.05) is 6.20 Å². The Morgan fingerprint density at radius 3 is 2.68 bits per heavy atom. The van der Waals surface area contributed by atoms with E-state index in [1.54, 1.807) is 13.8 Å². The molecule has 2 heterocycles. The molecule has 0 bridgehead atoms. The zero-order valence-corrected chi connectivity index (χ0v) is 10.3. The van der Waals surface area contributed by atoms with Gasteiger partial charge in [-0.1, -0.05) is 5.16 Å². The fraction of sp³-hybridized carbons (Fsp3) is 0.167. The summed E-state index contributed by atoms with van der Waals surface area (Å²) in [5, 5.41) is 15.0. The molecule has 0 aliphatic heterocycles. The van der Waals surface area contributed by atoms with Crippen LogP contribution in [0.15, 0.2) is 22.9 Å². The van der Waals surface area contributed by atoms with Crippen molar-refractivity contribution in [2.75, 3.05) is 5.32 Å². The molecule has 19 heavy (non-hydrogen) atoms. The Hall–Kier alpha value is -2.70. The van der Waals surface area contributed by atoms with Crippen molar-refractivity contribution in [2.24, 2.45) is 0 Å². The van der Waals surface area contributed by atoms with Crippen LogP contribution in [0, 0.1) is 13.8 Å². The van der Waals surface area contributed by atoms with Gasteiger partial charge in [0.2, 0.25) is 0 Å². The number of carboxylic acids is 1.